The summed E-state index contributed by atoms with van der Waals surface area (Å²) in [6.45, 7) is 4.46. The second-order valence-electron chi connectivity index (χ2n) is 6.97. The minimum Gasteiger partial charge on any atom is -0.377 e. The first kappa shape index (κ1) is 18.1. The summed E-state index contributed by atoms with van der Waals surface area (Å²) in [5.74, 6) is -1.35. The van der Waals surface area contributed by atoms with Crippen LogP contribution in [0.2, 0.25) is 0 Å². The summed E-state index contributed by atoms with van der Waals surface area (Å²) in [5, 5.41) is 13.5. The molecule has 0 saturated carbocycles. The molecule has 2 atom stereocenters. The van der Waals surface area contributed by atoms with E-state index in [1.165, 1.54) is 18.2 Å². The van der Waals surface area contributed by atoms with E-state index in [1.807, 2.05) is 4.90 Å². The number of non-ortho nitro benzene ring substituents is 1. The highest BCUT2D eigenvalue weighted by Gasteiger charge is 2.62. The third kappa shape index (κ3) is 2.41. The van der Waals surface area contributed by atoms with Crippen LogP contribution in [0.3, 0.4) is 0 Å². The number of nitrogens with one attached hydrogen (secondary N) is 1. The molecular formula is C18H18N4O6. The zero-order chi connectivity index (χ0) is 20.1. The van der Waals surface area contributed by atoms with Gasteiger partial charge in [-0.1, -0.05) is 6.08 Å². The van der Waals surface area contributed by atoms with Gasteiger partial charge < -0.3 is 9.64 Å². The van der Waals surface area contributed by atoms with Gasteiger partial charge in [0.1, 0.15) is 0 Å². The largest absolute Gasteiger partial charge is 0.377 e. The van der Waals surface area contributed by atoms with Crippen molar-refractivity contribution in [2.75, 3.05) is 31.2 Å². The number of rotatable bonds is 3. The highest BCUT2D eigenvalue weighted by atomic mass is 16.6. The Labute approximate surface area is 159 Å². The lowest BCUT2D eigenvalue weighted by molar-refractivity contribution is -0.384. The average molecular weight is 386 g/mol. The minimum absolute atomic E-state index is 0.0466. The molecule has 0 aromatic heterocycles. The fourth-order valence-electron chi connectivity index (χ4n) is 4.28. The summed E-state index contributed by atoms with van der Waals surface area (Å²) in [6, 6.07) is 3.00. The van der Waals surface area contributed by atoms with Gasteiger partial charge in [-0.2, -0.15) is 0 Å². The smallest absolute Gasteiger partial charge is 0.331 e. The third-order valence-electron chi connectivity index (χ3n) is 5.56. The van der Waals surface area contributed by atoms with Crippen molar-refractivity contribution in [2.24, 2.45) is 5.41 Å². The van der Waals surface area contributed by atoms with E-state index in [0.29, 0.717) is 18.7 Å². The Morgan fingerprint density at radius 1 is 1.39 bits per heavy atom. The van der Waals surface area contributed by atoms with E-state index >= 15 is 0 Å². The number of carbonyl (C=O) groups excluding carboxylic acids is 3. The molecule has 3 heterocycles. The third-order valence-corrected chi connectivity index (χ3v) is 5.56. The van der Waals surface area contributed by atoms with Crippen molar-refractivity contribution in [1.82, 2.24) is 10.2 Å². The number of benzene rings is 1. The van der Waals surface area contributed by atoms with Gasteiger partial charge in [-0.25, -0.2) is 4.79 Å². The number of ether oxygens (including phenoxy) is 1. The Bertz CT molecular complexity index is 915. The standard InChI is InChI=1S/C18H18N4O6/c1-2-5-21-16(24)18(15(23)19-17(21)25)9-11-8-12(22(26)27)3-4-13(11)20-6-7-28-10-14(18)20/h2-4,8,14H,1,5-7,9-10H2,(H,19,23,25)/t14-,18+/m0/s1. The van der Waals surface area contributed by atoms with Crippen LogP contribution in [0.1, 0.15) is 5.56 Å². The predicted octanol–water partition coefficient (Wildman–Crippen LogP) is 0.607. The van der Waals surface area contributed by atoms with Gasteiger partial charge in [-0.3, -0.25) is 29.9 Å². The molecule has 3 aliphatic rings. The maximum Gasteiger partial charge on any atom is 0.331 e. The van der Waals surface area contributed by atoms with Crippen LogP contribution in [-0.4, -0.2) is 60.0 Å². The number of amides is 4. The molecule has 10 heteroatoms. The molecule has 2 fully saturated rings. The van der Waals surface area contributed by atoms with Gasteiger partial charge in [0, 0.05) is 37.3 Å². The summed E-state index contributed by atoms with van der Waals surface area (Å²) >= 11 is 0. The molecule has 0 bridgehead atoms. The van der Waals surface area contributed by atoms with E-state index in [0.717, 1.165) is 10.6 Å². The van der Waals surface area contributed by atoms with Gasteiger partial charge in [-0.15, -0.1) is 6.58 Å². The number of fused-ring (bicyclic) bond motifs is 4. The molecule has 10 nitrogen and oxygen atoms in total. The van der Waals surface area contributed by atoms with Gasteiger partial charge in [0.15, 0.2) is 5.41 Å². The Hall–Kier alpha value is -3.27. The molecule has 0 unspecified atom stereocenters. The van der Waals surface area contributed by atoms with Crippen molar-refractivity contribution in [3.63, 3.8) is 0 Å². The van der Waals surface area contributed by atoms with Gasteiger partial charge in [0.2, 0.25) is 11.8 Å². The van der Waals surface area contributed by atoms with Crippen LogP contribution < -0.4 is 10.2 Å². The fraction of sp³-hybridized carbons (Fsp3) is 0.389. The molecule has 1 aromatic carbocycles. The van der Waals surface area contributed by atoms with Crippen molar-refractivity contribution in [3.8, 4) is 0 Å². The first-order valence-electron chi connectivity index (χ1n) is 8.80. The maximum atomic E-state index is 13.4. The number of carbonyl (C=O) groups is 3. The number of hydrogen-bond donors (Lipinski definition) is 1. The Balaban J connectivity index is 1.88. The van der Waals surface area contributed by atoms with Crippen LogP contribution in [-0.2, 0) is 20.7 Å². The van der Waals surface area contributed by atoms with Crippen LogP contribution in [0.15, 0.2) is 30.9 Å². The number of urea groups is 1. The first-order chi connectivity index (χ1) is 13.4. The number of imide groups is 2. The van der Waals surface area contributed by atoms with Crippen molar-refractivity contribution in [2.45, 2.75) is 12.5 Å². The summed E-state index contributed by atoms with van der Waals surface area (Å²) in [4.78, 5) is 52.1. The SMILES string of the molecule is C=CCN1C(=O)NC(=O)[C@]2(Cc3cc([N+](=O)[O-])ccc3N3CCOC[C@H]32)C1=O. The summed E-state index contributed by atoms with van der Waals surface area (Å²) in [6.07, 6.45) is 1.35. The van der Waals surface area contributed by atoms with Crippen LogP contribution in [0.5, 0.6) is 0 Å². The number of nitrogens with zero attached hydrogens (tertiary/aromatic N) is 3. The van der Waals surface area contributed by atoms with Crippen LogP contribution in [0.25, 0.3) is 0 Å². The molecule has 1 aromatic rings. The molecular weight excluding hydrogens is 368 g/mol. The molecule has 4 amide bonds. The van der Waals surface area contributed by atoms with E-state index < -0.39 is 34.2 Å². The predicted molar refractivity (Wildman–Crippen MR) is 96.6 cm³/mol. The molecule has 2 saturated heterocycles. The van der Waals surface area contributed by atoms with Gasteiger partial charge in [0.05, 0.1) is 24.2 Å². The van der Waals surface area contributed by atoms with E-state index in [2.05, 4.69) is 11.9 Å². The molecule has 0 radical (unpaired) electrons. The molecule has 3 aliphatic heterocycles. The number of nitro benzene ring substituents is 1. The molecule has 4 rings (SSSR count). The fourth-order valence-corrected chi connectivity index (χ4v) is 4.28. The van der Waals surface area contributed by atoms with Crippen molar-refractivity contribution < 1.29 is 24.0 Å². The van der Waals surface area contributed by atoms with Gasteiger partial charge in [0.25, 0.3) is 5.69 Å². The van der Waals surface area contributed by atoms with Crippen LogP contribution in [0, 0.1) is 15.5 Å². The lowest BCUT2D eigenvalue weighted by Crippen LogP contribution is -2.73. The summed E-state index contributed by atoms with van der Waals surface area (Å²) in [5.41, 5.74) is -0.483. The van der Waals surface area contributed by atoms with Crippen molar-refractivity contribution >= 4 is 29.2 Å². The lowest BCUT2D eigenvalue weighted by Gasteiger charge is -2.53. The highest BCUT2D eigenvalue weighted by Crippen LogP contribution is 2.46. The zero-order valence-electron chi connectivity index (χ0n) is 14.9. The number of morpholine rings is 1. The Morgan fingerprint density at radius 2 is 2.18 bits per heavy atom. The number of nitro groups is 1. The number of barbiturate groups is 1. The highest BCUT2D eigenvalue weighted by molar-refractivity contribution is 6.20. The lowest BCUT2D eigenvalue weighted by atomic mass is 9.68. The maximum absolute atomic E-state index is 13.4. The molecule has 0 aliphatic carbocycles. The van der Waals surface area contributed by atoms with E-state index in [4.69, 9.17) is 4.74 Å². The van der Waals surface area contributed by atoms with Crippen molar-refractivity contribution in [1.29, 1.82) is 0 Å². The van der Waals surface area contributed by atoms with E-state index in [9.17, 15) is 24.5 Å². The molecule has 28 heavy (non-hydrogen) atoms. The van der Waals surface area contributed by atoms with Crippen LogP contribution in [0.4, 0.5) is 16.2 Å². The van der Waals surface area contributed by atoms with E-state index in [-0.39, 0.29) is 25.3 Å². The Morgan fingerprint density at radius 3 is 2.89 bits per heavy atom. The quantitative estimate of drug-likeness (QED) is 0.349. The van der Waals surface area contributed by atoms with Crippen LogP contribution >= 0.6 is 0 Å². The summed E-state index contributed by atoms with van der Waals surface area (Å²) < 4.78 is 5.56. The number of anilines is 1. The average Bonchev–Trinajstić information content (AvgIpc) is 2.69. The summed E-state index contributed by atoms with van der Waals surface area (Å²) in [7, 11) is 0. The second kappa shape index (κ2) is 6.41. The van der Waals surface area contributed by atoms with Gasteiger partial charge >= 0.3 is 6.03 Å². The number of hydrogen-bond acceptors (Lipinski definition) is 7. The molecule has 146 valence electrons. The molecule has 1 spiro atoms. The Kier molecular flexibility index (Phi) is 4.15. The van der Waals surface area contributed by atoms with E-state index in [1.54, 1.807) is 6.07 Å². The second-order valence-corrected chi connectivity index (χ2v) is 6.97. The minimum atomic E-state index is -1.61. The molecule has 1 N–H and O–H groups in total. The van der Waals surface area contributed by atoms with Gasteiger partial charge in [-0.05, 0) is 11.6 Å². The monoisotopic (exact) mass is 386 g/mol. The topological polar surface area (TPSA) is 122 Å². The normalized spacial score (nSPS) is 26.6. The zero-order valence-corrected chi connectivity index (χ0v) is 14.9. The first-order valence-corrected chi connectivity index (χ1v) is 8.80. The van der Waals surface area contributed by atoms with Crippen molar-refractivity contribution in [3.05, 3.63) is 46.5 Å².